The summed E-state index contributed by atoms with van der Waals surface area (Å²) in [6.45, 7) is 1.15. The molecule has 0 bridgehead atoms. The van der Waals surface area contributed by atoms with Crippen molar-refractivity contribution in [3.05, 3.63) is 32.8 Å². The molecule has 0 unspecified atom stereocenters. The minimum Gasteiger partial charge on any atom is -0.481 e. The highest BCUT2D eigenvalue weighted by Crippen LogP contribution is 2.30. The number of carboxylic acid groups (broad SMARTS) is 1. The maximum Gasteiger partial charge on any atom is 0.304 e. The number of hydrogen-bond donors (Lipinski definition) is 1. The summed E-state index contributed by atoms with van der Waals surface area (Å²) in [6, 6.07) is 2.02. The van der Waals surface area contributed by atoms with Gasteiger partial charge in [0.2, 0.25) is 10.0 Å². The minimum atomic E-state index is -4.05. The lowest BCUT2D eigenvalue weighted by molar-refractivity contribution is -0.385. The number of aliphatic carboxylic acids is 1. The Morgan fingerprint density at radius 3 is 2.52 bits per heavy atom. The molecule has 0 saturated carbocycles. The minimum absolute atomic E-state index is 0.0468. The predicted molar refractivity (Wildman–Crippen MR) is 74.9 cm³/mol. The second kappa shape index (κ2) is 6.37. The van der Waals surface area contributed by atoms with Gasteiger partial charge in [-0.3, -0.25) is 14.9 Å². The molecule has 0 heterocycles. The van der Waals surface area contributed by atoms with E-state index in [0.29, 0.717) is 0 Å². The van der Waals surface area contributed by atoms with Crippen molar-refractivity contribution < 1.29 is 23.2 Å². The summed E-state index contributed by atoms with van der Waals surface area (Å²) in [6.07, 6.45) is -0.378. The van der Waals surface area contributed by atoms with E-state index in [-0.39, 0.29) is 28.4 Å². The third-order valence-corrected chi connectivity index (χ3v) is 5.06. The first-order valence-corrected chi connectivity index (χ1v) is 7.52. The maximum atomic E-state index is 12.2. The van der Waals surface area contributed by atoms with Crippen LogP contribution in [0.1, 0.15) is 12.0 Å². The molecule has 0 aliphatic heterocycles. The fraction of sp³-hybridized carbons (Fsp3) is 0.364. The van der Waals surface area contributed by atoms with Crippen LogP contribution >= 0.6 is 11.6 Å². The molecule has 0 saturated heterocycles. The van der Waals surface area contributed by atoms with Crippen LogP contribution in [0.3, 0.4) is 0 Å². The van der Waals surface area contributed by atoms with E-state index in [1.54, 1.807) is 0 Å². The first-order chi connectivity index (χ1) is 9.57. The van der Waals surface area contributed by atoms with Gasteiger partial charge in [0.25, 0.3) is 5.69 Å². The highest BCUT2D eigenvalue weighted by molar-refractivity contribution is 7.89. The first kappa shape index (κ1) is 17.3. The van der Waals surface area contributed by atoms with Crippen LogP contribution in [0.5, 0.6) is 0 Å². The number of rotatable bonds is 6. The molecule has 0 spiro atoms. The summed E-state index contributed by atoms with van der Waals surface area (Å²) in [5.41, 5.74) is -0.249. The Kier molecular flexibility index (Phi) is 5.26. The molecule has 10 heteroatoms. The van der Waals surface area contributed by atoms with Crippen molar-refractivity contribution in [3.63, 3.8) is 0 Å². The number of hydrogen-bond acceptors (Lipinski definition) is 5. The number of nitro groups is 1. The van der Waals surface area contributed by atoms with E-state index in [4.69, 9.17) is 16.7 Å². The third kappa shape index (κ3) is 3.90. The second-order valence-corrected chi connectivity index (χ2v) is 6.73. The van der Waals surface area contributed by atoms with E-state index in [0.717, 1.165) is 16.4 Å². The summed E-state index contributed by atoms with van der Waals surface area (Å²) in [5.74, 6) is -1.15. The Balaban J connectivity index is 3.26. The van der Waals surface area contributed by atoms with Gasteiger partial charge in [0.05, 0.1) is 21.3 Å². The lowest BCUT2D eigenvalue weighted by Crippen LogP contribution is -2.29. The zero-order chi connectivity index (χ0) is 16.4. The van der Waals surface area contributed by atoms with Gasteiger partial charge in [-0.1, -0.05) is 11.6 Å². The quantitative estimate of drug-likeness (QED) is 0.623. The van der Waals surface area contributed by atoms with Gasteiger partial charge in [0.15, 0.2) is 0 Å². The Morgan fingerprint density at radius 2 is 2.05 bits per heavy atom. The maximum absolute atomic E-state index is 12.2. The Morgan fingerprint density at radius 1 is 1.48 bits per heavy atom. The fourth-order valence-corrected chi connectivity index (χ4v) is 3.03. The number of nitro benzene ring substituents is 1. The summed E-state index contributed by atoms with van der Waals surface area (Å²) in [5, 5.41) is 19.4. The lowest BCUT2D eigenvalue weighted by Gasteiger charge is -2.16. The molecule has 116 valence electrons. The number of carboxylic acids is 1. The van der Waals surface area contributed by atoms with Crippen molar-refractivity contribution in [2.45, 2.75) is 18.2 Å². The van der Waals surface area contributed by atoms with Crippen LogP contribution in [0.4, 0.5) is 5.69 Å². The summed E-state index contributed by atoms with van der Waals surface area (Å²) in [4.78, 5) is 20.3. The van der Waals surface area contributed by atoms with E-state index in [1.807, 2.05) is 0 Å². The molecule has 0 atom stereocenters. The summed E-state index contributed by atoms with van der Waals surface area (Å²) in [7, 11) is -2.86. The fourth-order valence-electron chi connectivity index (χ4n) is 1.53. The number of halogens is 1. The topological polar surface area (TPSA) is 118 Å². The van der Waals surface area contributed by atoms with Gasteiger partial charge < -0.3 is 5.11 Å². The molecule has 1 aromatic carbocycles. The Labute approximate surface area is 126 Å². The van der Waals surface area contributed by atoms with Crippen molar-refractivity contribution in [1.82, 2.24) is 4.31 Å². The molecule has 1 rings (SSSR count). The molecule has 0 aliphatic rings. The molecular weight excluding hydrogens is 324 g/mol. The summed E-state index contributed by atoms with van der Waals surface area (Å²) < 4.78 is 25.3. The largest absolute Gasteiger partial charge is 0.481 e. The molecule has 0 radical (unpaired) electrons. The highest BCUT2D eigenvalue weighted by atomic mass is 35.5. The van der Waals surface area contributed by atoms with Crippen molar-refractivity contribution >= 4 is 33.3 Å². The van der Waals surface area contributed by atoms with Crippen LogP contribution in [-0.4, -0.2) is 42.3 Å². The molecule has 1 aromatic rings. The standard InChI is InChI=1S/C11H13ClN2O6S/c1-7-9(12)5-8(6-10(7)14(17)18)21(19,20)13(2)4-3-11(15)16/h5-6H,3-4H2,1-2H3,(H,15,16). The lowest BCUT2D eigenvalue weighted by atomic mass is 10.2. The number of sulfonamides is 1. The van der Waals surface area contributed by atoms with Crippen LogP contribution in [0.25, 0.3) is 0 Å². The van der Waals surface area contributed by atoms with Crippen molar-refractivity contribution in [2.24, 2.45) is 0 Å². The normalized spacial score (nSPS) is 11.6. The van der Waals surface area contributed by atoms with Crippen LogP contribution in [0.15, 0.2) is 17.0 Å². The SMILES string of the molecule is Cc1c(Cl)cc(S(=O)(=O)N(C)CCC(=O)O)cc1[N+](=O)[O-]. The average Bonchev–Trinajstić information content (AvgIpc) is 2.38. The van der Waals surface area contributed by atoms with Crippen molar-refractivity contribution in [2.75, 3.05) is 13.6 Å². The van der Waals surface area contributed by atoms with Gasteiger partial charge >= 0.3 is 5.97 Å². The van der Waals surface area contributed by atoms with E-state index >= 15 is 0 Å². The molecular formula is C11H13ClN2O6S. The average molecular weight is 337 g/mol. The van der Waals surface area contributed by atoms with E-state index in [9.17, 15) is 23.3 Å². The molecule has 0 aliphatic carbocycles. The number of benzene rings is 1. The van der Waals surface area contributed by atoms with Gasteiger partial charge in [-0.25, -0.2) is 12.7 Å². The molecule has 21 heavy (non-hydrogen) atoms. The van der Waals surface area contributed by atoms with Crippen LogP contribution in [0, 0.1) is 17.0 Å². The highest BCUT2D eigenvalue weighted by Gasteiger charge is 2.26. The smallest absolute Gasteiger partial charge is 0.304 e. The van der Waals surface area contributed by atoms with Crippen LogP contribution in [0.2, 0.25) is 5.02 Å². The molecule has 0 amide bonds. The molecule has 8 nitrogen and oxygen atoms in total. The third-order valence-electron chi connectivity index (χ3n) is 2.84. The van der Waals surface area contributed by atoms with Gasteiger partial charge in [-0.2, -0.15) is 0 Å². The monoisotopic (exact) mass is 336 g/mol. The van der Waals surface area contributed by atoms with E-state index in [1.165, 1.54) is 14.0 Å². The molecule has 0 fully saturated rings. The van der Waals surface area contributed by atoms with Crippen molar-refractivity contribution in [3.8, 4) is 0 Å². The predicted octanol–water partition coefficient (Wildman–Crippen LogP) is 1.65. The van der Waals surface area contributed by atoms with E-state index in [2.05, 4.69) is 0 Å². The van der Waals surface area contributed by atoms with E-state index < -0.39 is 26.6 Å². The van der Waals surface area contributed by atoms with Crippen LogP contribution in [-0.2, 0) is 14.8 Å². The van der Waals surface area contributed by atoms with Gasteiger partial charge in [0, 0.05) is 25.2 Å². The van der Waals surface area contributed by atoms with Gasteiger partial charge in [-0.15, -0.1) is 0 Å². The second-order valence-electron chi connectivity index (χ2n) is 4.28. The Hall–Kier alpha value is -1.71. The molecule has 1 N–H and O–H groups in total. The Bertz CT molecular complexity index is 688. The first-order valence-electron chi connectivity index (χ1n) is 5.70. The zero-order valence-electron chi connectivity index (χ0n) is 11.2. The number of nitrogens with zero attached hydrogens (tertiary/aromatic N) is 2. The van der Waals surface area contributed by atoms with Crippen molar-refractivity contribution in [1.29, 1.82) is 0 Å². The van der Waals surface area contributed by atoms with Gasteiger partial charge in [-0.05, 0) is 13.0 Å². The van der Waals surface area contributed by atoms with Crippen LogP contribution < -0.4 is 0 Å². The zero-order valence-corrected chi connectivity index (χ0v) is 12.8. The summed E-state index contributed by atoms with van der Waals surface area (Å²) >= 11 is 5.82. The molecule has 0 aromatic heterocycles. The number of carbonyl (C=O) groups is 1. The van der Waals surface area contributed by atoms with Gasteiger partial charge in [0.1, 0.15) is 0 Å².